The maximum atomic E-state index is 15.4. The number of ether oxygens (including phenoxy) is 1. The van der Waals surface area contributed by atoms with Crippen LogP contribution in [0.3, 0.4) is 0 Å². The molecule has 2 aliphatic heterocycles. The number of amidine groups is 1. The summed E-state index contributed by atoms with van der Waals surface area (Å²) in [6.07, 6.45) is -2.70. The SMILES string of the molecule is Cc1cc(Oc2[c-]c(C3=NC(C)(C)[C@](C)(C(c4ccccc4)c4ccccc4)N3c3cc(C(F)(F)F)cc(C(C)(C)C)c3C)cc(C(C)(C)C)c2)[c-]c(N2c3ccc(C(C)(C)C)cc3C(C)(C)c3cc(C)cnc32)c1.[Pt+2]. The van der Waals surface area contributed by atoms with Crippen molar-refractivity contribution in [2.45, 2.75) is 163 Å². The van der Waals surface area contributed by atoms with Crippen LogP contribution in [0.25, 0.3) is 0 Å². The predicted octanol–water partition coefficient (Wildman–Crippen LogP) is 18.1. The zero-order valence-corrected chi connectivity index (χ0v) is 49.6. The van der Waals surface area contributed by atoms with Gasteiger partial charge in [-0.2, -0.15) is 18.7 Å². The van der Waals surface area contributed by atoms with E-state index in [2.05, 4.69) is 173 Å². The summed E-state index contributed by atoms with van der Waals surface area (Å²) in [6, 6.07) is 47.8. The molecule has 6 aromatic carbocycles. The van der Waals surface area contributed by atoms with E-state index >= 15 is 13.2 Å². The van der Waals surface area contributed by atoms with E-state index in [1.165, 1.54) is 23.3 Å². The van der Waals surface area contributed by atoms with Crippen LogP contribution < -0.4 is 14.5 Å². The summed E-state index contributed by atoms with van der Waals surface area (Å²) in [6.45, 7) is 36.1. The second-order valence-corrected chi connectivity index (χ2v) is 25.4. The average Bonchev–Trinajstić information content (AvgIpc) is 3.52. The molecule has 76 heavy (non-hydrogen) atoms. The van der Waals surface area contributed by atoms with Crippen LogP contribution in [0.1, 0.15) is 170 Å². The van der Waals surface area contributed by atoms with Gasteiger partial charge in [0.25, 0.3) is 0 Å². The van der Waals surface area contributed by atoms with E-state index in [0.29, 0.717) is 34.1 Å². The monoisotopic (exact) mass is 1200 g/mol. The fourth-order valence-corrected chi connectivity index (χ4v) is 11.5. The molecule has 0 fully saturated rings. The Kier molecular flexibility index (Phi) is 14.4. The first-order chi connectivity index (χ1) is 34.8. The molecule has 3 heterocycles. The molecule has 5 nitrogen and oxygen atoms in total. The molecule has 2 aliphatic rings. The molecule has 0 saturated heterocycles. The number of hydrogen-bond acceptors (Lipinski definition) is 5. The van der Waals surface area contributed by atoms with Gasteiger partial charge in [0.1, 0.15) is 5.82 Å². The smallest absolute Gasteiger partial charge is 0.503 e. The molecule has 7 aromatic rings. The summed E-state index contributed by atoms with van der Waals surface area (Å²) >= 11 is 0. The molecular weight excluding hydrogens is 1130 g/mol. The maximum Gasteiger partial charge on any atom is 2.00 e. The summed E-state index contributed by atoms with van der Waals surface area (Å²) in [5, 5.41) is 0. The fraction of sp³-hybridized carbons (Fsp3) is 0.373. The number of nitrogens with zero attached hydrogens (tertiary/aromatic N) is 4. The number of pyridine rings is 1. The summed E-state index contributed by atoms with van der Waals surface area (Å²) < 4.78 is 53.2. The van der Waals surface area contributed by atoms with Crippen LogP contribution in [0.2, 0.25) is 0 Å². The third kappa shape index (κ3) is 10.1. The van der Waals surface area contributed by atoms with Crippen LogP contribution in [0.4, 0.5) is 36.1 Å². The van der Waals surface area contributed by atoms with Gasteiger partial charge in [0.15, 0.2) is 0 Å². The minimum absolute atomic E-state index is 0. The topological polar surface area (TPSA) is 41.0 Å². The summed E-state index contributed by atoms with van der Waals surface area (Å²) in [5.41, 5.74) is 8.80. The Morgan fingerprint density at radius 3 is 1.74 bits per heavy atom. The van der Waals surface area contributed by atoms with Crippen molar-refractivity contribution in [3.8, 4) is 11.5 Å². The van der Waals surface area contributed by atoms with Crippen molar-refractivity contribution < 1.29 is 39.0 Å². The molecular formula is C67H73F3N4OPt. The van der Waals surface area contributed by atoms with E-state index in [4.69, 9.17) is 14.7 Å². The number of anilines is 4. The molecule has 0 saturated carbocycles. The maximum absolute atomic E-state index is 15.4. The third-order valence-electron chi connectivity index (χ3n) is 15.9. The number of rotatable bonds is 8. The zero-order valence-electron chi connectivity index (χ0n) is 47.3. The molecule has 0 unspecified atom stereocenters. The van der Waals surface area contributed by atoms with E-state index < -0.39 is 33.6 Å². The second-order valence-electron chi connectivity index (χ2n) is 25.4. The Labute approximate surface area is 465 Å². The van der Waals surface area contributed by atoms with Gasteiger partial charge in [-0.1, -0.05) is 174 Å². The fourth-order valence-electron chi connectivity index (χ4n) is 11.5. The third-order valence-corrected chi connectivity index (χ3v) is 15.9. The van der Waals surface area contributed by atoms with Gasteiger partial charge in [0, 0.05) is 46.0 Å². The first kappa shape index (κ1) is 56.2. The Morgan fingerprint density at radius 2 is 1.17 bits per heavy atom. The molecule has 1 aromatic heterocycles. The van der Waals surface area contributed by atoms with Gasteiger partial charge in [-0.3, -0.25) is 0 Å². The zero-order chi connectivity index (χ0) is 54.6. The van der Waals surface area contributed by atoms with Gasteiger partial charge >= 0.3 is 27.2 Å². The van der Waals surface area contributed by atoms with Gasteiger partial charge in [0.2, 0.25) is 0 Å². The van der Waals surface area contributed by atoms with Gasteiger partial charge in [-0.05, 0) is 114 Å². The standard InChI is InChI=1S/C67H73F3N4O.Pt/c1-41-30-50(73-56-29-28-47(61(4,5)6)36-54(56)64(13,14)55-32-42(2)40-71-60(55)73)39-51(31-41)75-52-34-46(33-48(35-52)62(7,8)9)59-72-65(15,16)66(17,58(44-24-20-18-21-25-44)45-26-22-19-23-27-45)74(59)57-38-49(67(68,69)70)37-53(43(57)3)63(10,11)12;/h18-33,35-38,40,58H,1-17H3;/q-2;+2/t66-;/m0./s1. The van der Waals surface area contributed by atoms with E-state index in [1.807, 2.05) is 82.4 Å². The number of aliphatic imine (C=N–C) groups is 1. The molecule has 0 spiro atoms. The van der Waals surface area contributed by atoms with Crippen molar-refractivity contribution >= 4 is 28.7 Å². The van der Waals surface area contributed by atoms with Crippen molar-refractivity contribution in [1.82, 2.24) is 4.98 Å². The Balaban J connectivity index is 0.00000765. The molecule has 0 radical (unpaired) electrons. The van der Waals surface area contributed by atoms with E-state index in [1.54, 1.807) is 0 Å². The molecule has 0 bridgehead atoms. The Bertz CT molecular complexity index is 3320. The van der Waals surface area contributed by atoms with Crippen molar-refractivity contribution in [3.05, 3.63) is 206 Å². The van der Waals surface area contributed by atoms with E-state index in [0.717, 1.165) is 56.1 Å². The quantitative estimate of drug-likeness (QED) is 0.142. The van der Waals surface area contributed by atoms with Crippen LogP contribution in [-0.2, 0) is 48.9 Å². The van der Waals surface area contributed by atoms with Crippen molar-refractivity contribution in [3.63, 3.8) is 0 Å². The van der Waals surface area contributed by atoms with Gasteiger partial charge in [-0.25, -0.2) is 4.98 Å². The first-order valence-electron chi connectivity index (χ1n) is 26.3. The minimum atomic E-state index is -4.62. The number of halogens is 3. The molecule has 9 rings (SSSR count). The van der Waals surface area contributed by atoms with Gasteiger partial charge < -0.3 is 19.5 Å². The number of aryl methyl sites for hydroxylation is 2. The molecule has 0 aliphatic carbocycles. The van der Waals surface area contributed by atoms with Crippen molar-refractivity contribution in [2.24, 2.45) is 4.99 Å². The van der Waals surface area contributed by atoms with Crippen LogP contribution >= 0.6 is 0 Å². The van der Waals surface area contributed by atoms with Crippen LogP contribution in [0.5, 0.6) is 11.5 Å². The van der Waals surface area contributed by atoms with Gasteiger partial charge in [-0.15, -0.1) is 35.4 Å². The summed E-state index contributed by atoms with van der Waals surface area (Å²) in [5.74, 6) is 1.90. The average molecular weight is 1200 g/mol. The number of aromatic nitrogens is 1. The van der Waals surface area contributed by atoms with Crippen LogP contribution in [-0.4, -0.2) is 21.9 Å². The Morgan fingerprint density at radius 1 is 0.579 bits per heavy atom. The second kappa shape index (κ2) is 19.5. The van der Waals surface area contributed by atoms with Crippen LogP contribution in [0.15, 0.2) is 133 Å². The largest absolute Gasteiger partial charge is 2.00 e. The molecule has 9 heteroatoms. The van der Waals surface area contributed by atoms with E-state index in [-0.39, 0.29) is 37.8 Å². The number of fused-ring (bicyclic) bond motifs is 2. The first-order valence-corrected chi connectivity index (χ1v) is 26.3. The summed E-state index contributed by atoms with van der Waals surface area (Å²) in [7, 11) is 0. The molecule has 0 amide bonds. The number of benzene rings is 6. The Hall–Kier alpha value is -5.98. The molecule has 1 atom stereocenters. The molecule has 398 valence electrons. The number of alkyl halides is 3. The van der Waals surface area contributed by atoms with Crippen molar-refractivity contribution in [2.75, 3.05) is 9.80 Å². The molecule has 0 N–H and O–H groups in total. The van der Waals surface area contributed by atoms with Crippen LogP contribution in [0, 0.1) is 32.9 Å². The summed E-state index contributed by atoms with van der Waals surface area (Å²) in [4.78, 5) is 15.1. The number of hydrogen-bond donors (Lipinski definition) is 0. The van der Waals surface area contributed by atoms with Gasteiger partial charge in [0.05, 0.1) is 22.5 Å². The minimum Gasteiger partial charge on any atom is -0.503 e. The predicted molar refractivity (Wildman–Crippen MR) is 303 cm³/mol. The van der Waals surface area contributed by atoms with Crippen molar-refractivity contribution in [1.29, 1.82) is 0 Å². The normalized spacial score (nSPS) is 17.2. The van der Waals surface area contributed by atoms with E-state index in [9.17, 15) is 0 Å².